The summed E-state index contributed by atoms with van der Waals surface area (Å²) in [7, 11) is 0. The molecule has 14 heavy (non-hydrogen) atoms. The Balaban J connectivity index is 2.99. The molecule has 0 saturated heterocycles. The molecule has 0 amide bonds. The van der Waals surface area contributed by atoms with Crippen molar-refractivity contribution >= 4 is 11.8 Å². The largest absolute Gasteiger partial charge is 0.465 e. The van der Waals surface area contributed by atoms with Gasteiger partial charge in [-0.25, -0.2) is 0 Å². The van der Waals surface area contributed by atoms with Crippen molar-refractivity contribution in [1.29, 1.82) is 0 Å². The van der Waals surface area contributed by atoms with Gasteiger partial charge in [-0.2, -0.15) is 0 Å². The fraction of sp³-hybridized carbons (Fsp3) is 0.636. The van der Waals surface area contributed by atoms with Gasteiger partial charge >= 0.3 is 5.97 Å². The van der Waals surface area contributed by atoms with E-state index < -0.39 is 11.4 Å². The maximum absolute atomic E-state index is 11.7. The third-order valence-electron chi connectivity index (χ3n) is 2.86. The van der Waals surface area contributed by atoms with E-state index in [-0.39, 0.29) is 5.78 Å². The molecule has 1 rings (SSSR count). The van der Waals surface area contributed by atoms with Gasteiger partial charge in [-0.3, -0.25) is 9.59 Å². The van der Waals surface area contributed by atoms with E-state index in [0.717, 1.165) is 12.8 Å². The summed E-state index contributed by atoms with van der Waals surface area (Å²) in [5.41, 5.74) is -0.320. The van der Waals surface area contributed by atoms with E-state index in [1.807, 2.05) is 0 Å². The van der Waals surface area contributed by atoms with Gasteiger partial charge in [0.25, 0.3) is 0 Å². The molecule has 0 spiro atoms. The van der Waals surface area contributed by atoms with Gasteiger partial charge in [0.05, 0.1) is 6.61 Å². The highest BCUT2D eigenvalue weighted by atomic mass is 16.5. The van der Waals surface area contributed by atoms with Crippen LogP contribution in [0, 0.1) is 5.41 Å². The highest BCUT2D eigenvalue weighted by Gasteiger charge is 2.49. The van der Waals surface area contributed by atoms with Gasteiger partial charge in [0.1, 0.15) is 5.41 Å². The SMILES string of the molecule is C=C1CCC[C@]1(C(C)=O)C(=O)OCC. The number of hydrogen-bond acceptors (Lipinski definition) is 3. The van der Waals surface area contributed by atoms with Crippen molar-refractivity contribution < 1.29 is 14.3 Å². The number of ether oxygens (including phenoxy) is 1. The molecule has 0 bridgehead atoms. The molecule has 0 aromatic carbocycles. The Morgan fingerprint density at radius 3 is 2.57 bits per heavy atom. The molecule has 1 aliphatic carbocycles. The highest BCUT2D eigenvalue weighted by molar-refractivity contribution is 6.06. The average molecular weight is 196 g/mol. The number of carbonyl (C=O) groups excluding carboxylic acids is 2. The Labute approximate surface area is 84.1 Å². The first-order chi connectivity index (χ1) is 6.55. The zero-order valence-corrected chi connectivity index (χ0v) is 8.76. The second-order valence-electron chi connectivity index (χ2n) is 3.64. The fourth-order valence-electron chi connectivity index (χ4n) is 2.03. The minimum absolute atomic E-state index is 0.140. The van der Waals surface area contributed by atoms with Crippen LogP contribution >= 0.6 is 0 Å². The summed E-state index contributed by atoms with van der Waals surface area (Å²) in [6.45, 7) is 7.29. The standard InChI is InChI=1S/C11H16O3/c1-4-14-10(13)11(9(3)12)7-5-6-8(11)2/h2,4-7H2,1,3H3/t11-/m0/s1. The van der Waals surface area contributed by atoms with Gasteiger partial charge in [-0.15, -0.1) is 0 Å². The Morgan fingerprint density at radius 2 is 2.21 bits per heavy atom. The summed E-state index contributed by atoms with van der Waals surface area (Å²) in [5, 5.41) is 0. The van der Waals surface area contributed by atoms with Crippen LogP contribution in [0.15, 0.2) is 12.2 Å². The van der Waals surface area contributed by atoms with Crippen LogP contribution in [0.2, 0.25) is 0 Å². The molecule has 3 nitrogen and oxygen atoms in total. The molecular weight excluding hydrogens is 180 g/mol. The maximum atomic E-state index is 11.7. The molecule has 0 aromatic heterocycles. The van der Waals surface area contributed by atoms with Gasteiger partial charge in [0, 0.05) is 0 Å². The second kappa shape index (κ2) is 3.95. The Kier molecular flexibility index (Phi) is 3.09. The summed E-state index contributed by atoms with van der Waals surface area (Å²) >= 11 is 0. The summed E-state index contributed by atoms with van der Waals surface area (Å²) in [5.74, 6) is -0.562. The summed E-state index contributed by atoms with van der Waals surface area (Å²) in [6.07, 6.45) is 2.15. The Morgan fingerprint density at radius 1 is 1.57 bits per heavy atom. The molecule has 0 heterocycles. The molecule has 1 atom stereocenters. The van der Waals surface area contributed by atoms with E-state index in [0.29, 0.717) is 18.6 Å². The first-order valence-electron chi connectivity index (χ1n) is 4.92. The first-order valence-corrected chi connectivity index (χ1v) is 4.92. The van der Waals surface area contributed by atoms with Gasteiger partial charge < -0.3 is 4.74 Å². The van der Waals surface area contributed by atoms with Crippen LogP contribution < -0.4 is 0 Å². The average Bonchev–Trinajstić information content (AvgIpc) is 2.48. The number of hydrogen-bond donors (Lipinski definition) is 0. The molecule has 0 N–H and O–H groups in total. The molecular formula is C11H16O3. The van der Waals surface area contributed by atoms with Crippen LogP contribution in [0.25, 0.3) is 0 Å². The maximum Gasteiger partial charge on any atom is 0.323 e. The number of carbonyl (C=O) groups is 2. The summed E-state index contributed by atoms with van der Waals surface area (Å²) in [4.78, 5) is 23.2. The summed E-state index contributed by atoms with van der Waals surface area (Å²) < 4.78 is 4.94. The molecule has 1 aliphatic rings. The predicted molar refractivity (Wildman–Crippen MR) is 52.7 cm³/mol. The van der Waals surface area contributed by atoms with E-state index in [1.165, 1.54) is 6.92 Å². The molecule has 0 unspecified atom stereocenters. The normalized spacial score (nSPS) is 26.3. The number of rotatable bonds is 3. The van der Waals surface area contributed by atoms with Crippen molar-refractivity contribution in [2.45, 2.75) is 33.1 Å². The van der Waals surface area contributed by atoms with Gasteiger partial charge in [0.15, 0.2) is 5.78 Å². The van der Waals surface area contributed by atoms with Crippen LogP contribution in [0.4, 0.5) is 0 Å². The molecule has 0 aliphatic heterocycles. The molecule has 78 valence electrons. The number of Topliss-reactive ketones (excluding diaryl/α,β-unsaturated/α-hetero) is 1. The third-order valence-corrected chi connectivity index (χ3v) is 2.86. The van der Waals surface area contributed by atoms with E-state index >= 15 is 0 Å². The molecule has 1 saturated carbocycles. The van der Waals surface area contributed by atoms with Crippen LogP contribution in [-0.2, 0) is 14.3 Å². The second-order valence-corrected chi connectivity index (χ2v) is 3.64. The van der Waals surface area contributed by atoms with Crippen molar-refractivity contribution in [1.82, 2.24) is 0 Å². The lowest BCUT2D eigenvalue weighted by Crippen LogP contribution is -2.38. The predicted octanol–water partition coefficient (Wildman–Crippen LogP) is 1.86. The summed E-state index contributed by atoms with van der Waals surface area (Å²) in [6, 6.07) is 0. The van der Waals surface area contributed by atoms with Crippen LogP contribution in [-0.4, -0.2) is 18.4 Å². The molecule has 1 fully saturated rings. The minimum Gasteiger partial charge on any atom is -0.465 e. The lowest BCUT2D eigenvalue weighted by molar-refractivity contribution is -0.156. The van der Waals surface area contributed by atoms with E-state index in [9.17, 15) is 9.59 Å². The van der Waals surface area contributed by atoms with Crippen LogP contribution in [0.3, 0.4) is 0 Å². The lowest BCUT2D eigenvalue weighted by Gasteiger charge is -2.24. The molecule has 0 radical (unpaired) electrons. The van der Waals surface area contributed by atoms with E-state index in [4.69, 9.17) is 4.74 Å². The van der Waals surface area contributed by atoms with Crippen molar-refractivity contribution in [3.63, 3.8) is 0 Å². The van der Waals surface area contributed by atoms with Crippen LogP contribution in [0.5, 0.6) is 0 Å². The van der Waals surface area contributed by atoms with Gasteiger partial charge in [-0.1, -0.05) is 12.2 Å². The lowest BCUT2D eigenvalue weighted by atomic mass is 9.79. The smallest absolute Gasteiger partial charge is 0.323 e. The zero-order chi connectivity index (χ0) is 10.8. The van der Waals surface area contributed by atoms with Gasteiger partial charge in [0.2, 0.25) is 0 Å². The van der Waals surface area contributed by atoms with Gasteiger partial charge in [-0.05, 0) is 33.1 Å². The fourth-order valence-corrected chi connectivity index (χ4v) is 2.03. The monoisotopic (exact) mass is 196 g/mol. The third kappa shape index (κ3) is 1.47. The van der Waals surface area contributed by atoms with E-state index in [1.54, 1.807) is 6.92 Å². The quantitative estimate of drug-likeness (QED) is 0.393. The number of ketones is 1. The topological polar surface area (TPSA) is 43.4 Å². The van der Waals surface area contributed by atoms with Crippen molar-refractivity contribution in [3.8, 4) is 0 Å². The van der Waals surface area contributed by atoms with Crippen molar-refractivity contribution in [3.05, 3.63) is 12.2 Å². The first kappa shape index (κ1) is 11.0. The Hall–Kier alpha value is -1.12. The minimum atomic E-state index is -1.03. The molecule has 0 aromatic rings. The van der Waals surface area contributed by atoms with E-state index in [2.05, 4.69) is 6.58 Å². The Bertz CT molecular complexity index is 280. The van der Waals surface area contributed by atoms with Crippen molar-refractivity contribution in [2.24, 2.45) is 5.41 Å². The molecule has 3 heteroatoms. The van der Waals surface area contributed by atoms with Crippen molar-refractivity contribution in [2.75, 3.05) is 6.61 Å². The zero-order valence-electron chi connectivity index (χ0n) is 8.76. The number of esters is 1. The highest BCUT2D eigenvalue weighted by Crippen LogP contribution is 2.43. The van der Waals surface area contributed by atoms with Crippen LogP contribution in [0.1, 0.15) is 33.1 Å².